The number of hydrogen-bond acceptors (Lipinski definition) is 3. The Bertz CT molecular complexity index is 253. The monoisotopic (exact) mass is 272 g/mol. The highest BCUT2D eigenvalue weighted by molar-refractivity contribution is 5.74. The number of ether oxygens (including phenoxy) is 1. The van der Waals surface area contributed by atoms with Gasteiger partial charge < -0.3 is 20.1 Å². The maximum Gasteiger partial charge on any atom is 0.317 e. The van der Waals surface area contributed by atoms with E-state index in [1.165, 1.54) is 0 Å². The van der Waals surface area contributed by atoms with Crippen LogP contribution in [0, 0.1) is 5.92 Å². The maximum absolute atomic E-state index is 12.0. The second-order valence-electron chi connectivity index (χ2n) is 5.25. The molecule has 0 atom stereocenters. The molecule has 1 rings (SSSR count). The van der Waals surface area contributed by atoms with Gasteiger partial charge in [0.2, 0.25) is 0 Å². The summed E-state index contributed by atoms with van der Waals surface area (Å²) in [6.45, 7) is 4.33. The third-order valence-electron chi connectivity index (χ3n) is 3.89. The van der Waals surface area contributed by atoms with Crippen LogP contribution in [0.25, 0.3) is 0 Å². The van der Waals surface area contributed by atoms with Gasteiger partial charge >= 0.3 is 6.03 Å². The smallest absolute Gasteiger partial charge is 0.317 e. The number of carbonyl (C=O) groups is 1. The van der Waals surface area contributed by atoms with Gasteiger partial charge in [-0.15, -0.1) is 0 Å². The zero-order valence-corrected chi connectivity index (χ0v) is 12.2. The number of nitrogens with zero attached hydrogens (tertiary/aromatic N) is 1. The topological polar surface area (TPSA) is 61.8 Å². The lowest BCUT2D eigenvalue weighted by Crippen LogP contribution is -2.45. The minimum atomic E-state index is 0.00365. The second kappa shape index (κ2) is 9.15. The number of aliphatic hydroxyl groups excluding tert-OH is 1. The molecule has 5 heteroatoms. The molecule has 1 fully saturated rings. The highest BCUT2D eigenvalue weighted by Crippen LogP contribution is 2.26. The molecule has 1 aliphatic rings. The van der Waals surface area contributed by atoms with Crippen molar-refractivity contribution in [2.24, 2.45) is 5.92 Å². The van der Waals surface area contributed by atoms with Crippen molar-refractivity contribution in [1.29, 1.82) is 0 Å². The van der Waals surface area contributed by atoms with Gasteiger partial charge in [0.1, 0.15) is 0 Å². The number of carbonyl (C=O) groups excluding carboxylic acids is 1. The van der Waals surface area contributed by atoms with Gasteiger partial charge in [-0.2, -0.15) is 0 Å². The number of urea groups is 1. The molecule has 1 saturated carbocycles. The van der Waals surface area contributed by atoms with Crippen LogP contribution in [0.1, 0.15) is 39.0 Å². The van der Waals surface area contributed by atoms with Gasteiger partial charge in [0, 0.05) is 39.5 Å². The molecule has 19 heavy (non-hydrogen) atoms. The summed E-state index contributed by atoms with van der Waals surface area (Å²) < 4.78 is 5.23. The minimum absolute atomic E-state index is 0.00365. The van der Waals surface area contributed by atoms with Gasteiger partial charge in [-0.1, -0.05) is 0 Å². The van der Waals surface area contributed by atoms with Crippen LogP contribution in [0.15, 0.2) is 0 Å². The molecular weight excluding hydrogens is 244 g/mol. The van der Waals surface area contributed by atoms with Crippen LogP contribution in [0.3, 0.4) is 0 Å². The average Bonchev–Trinajstić information content (AvgIpc) is 2.46. The van der Waals surface area contributed by atoms with Crippen molar-refractivity contribution in [3.05, 3.63) is 0 Å². The van der Waals surface area contributed by atoms with Gasteiger partial charge in [-0.3, -0.25) is 0 Å². The standard InChI is InChI=1S/C14H28N2O3/c1-3-19-10-4-9-15-14(18)16(2)13-7-5-12(11-17)6-8-13/h12-13,17H,3-11H2,1-2H3,(H,15,18). The first kappa shape index (κ1) is 16.2. The average molecular weight is 272 g/mol. The molecule has 0 spiro atoms. The van der Waals surface area contributed by atoms with Crippen molar-refractivity contribution in [2.75, 3.05) is 33.4 Å². The molecule has 0 aromatic heterocycles. The molecule has 0 radical (unpaired) electrons. The van der Waals surface area contributed by atoms with Crippen LogP contribution in [0.2, 0.25) is 0 Å². The first-order valence-electron chi connectivity index (χ1n) is 7.38. The zero-order valence-electron chi connectivity index (χ0n) is 12.2. The van der Waals surface area contributed by atoms with Crippen molar-refractivity contribution >= 4 is 6.03 Å². The molecule has 0 aliphatic heterocycles. The summed E-state index contributed by atoms with van der Waals surface area (Å²) >= 11 is 0. The molecule has 0 saturated heterocycles. The SMILES string of the molecule is CCOCCCNC(=O)N(C)C1CCC(CO)CC1. The normalized spacial score (nSPS) is 23.1. The van der Waals surface area contributed by atoms with E-state index in [9.17, 15) is 4.79 Å². The van der Waals surface area contributed by atoms with Gasteiger partial charge in [-0.25, -0.2) is 4.79 Å². The zero-order chi connectivity index (χ0) is 14.1. The van der Waals surface area contributed by atoms with Crippen LogP contribution < -0.4 is 5.32 Å². The largest absolute Gasteiger partial charge is 0.396 e. The summed E-state index contributed by atoms with van der Waals surface area (Å²) in [6.07, 6.45) is 4.87. The van der Waals surface area contributed by atoms with Crippen molar-refractivity contribution in [2.45, 2.75) is 45.1 Å². The lowest BCUT2D eigenvalue weighted by atomic mass is 9.86. The summed E-state index contributed by atoms with van der Waals surface area (Å²) in [5.74, 6) is 0.430. The number of amides is 2. The van der Waals surface area contributed by atoms with Crippen molar-refractivity contribution in [3.63, 3.8) is 0 Å². The molecule has 0 heterocycles. The summed E-state index contributed by atoms with van der Waals surface area (Å²) in [5, 5.41) is 12.0. The number of rotatable bonds is 7. The number of aliphatic hydroxyl groups is 1. The molecule has 112 valence electrons. The van der Waals surface area contributed by atoms with E-state index in [1.807, 2.05) is 18.9 Å². The molecule has 1 aliphatic carbocycles. The Morgan fingerprint density at radius 3 is 2.63 bits per heavy atom. The Morgan fingerprint density at radius 1 is 1.37 bits per heavy atom. The van der Waals surface area contributed by atoms with E-state index >= 15 is 0 Å². The molecule has 2 amide bonds. The Morgan fingerprint density at radius 2 is 2.05 bits per heavy atom. The summed E-state index contributed by atoms with van der Waals surface area (Å²) in [7, 11) is 1.86. The Labute approximate surface area is 116 Å². The van der Waals surface area contributed by atoms with E-state index in [4.69, 9.17) is 9.84 Å². The van der Waals surface area contributed by atoms with Gasteiger partial charge in [0.05, 0.1) is 0 Å². The lowest BCUT2D eigenvalue weighted by molar-refractivity contribution is 0.131. The lowest BCUT2D eigenvalue weighted by Gasteiger charge is -2.34. The highest BCUT2D eigenvalue weighted by atomic mass is 16.5. The fourth-order valence-corrected chi connectivity index (χ4v) is 2.52. The fraction of sp³-hybridized carbons (Fsp3) is 0.929. The van der Waals surface area contributed by atoms with Crippen LogP contribution in [-0.2, 0) is 4.74 Å². The maximum atomic E-state index is 12.0. The van der Waals surface area contributed by atoms with Crippen molar-refractivity contribution in [1.82, 2.24) is 10.2 Å². The van der Waals surface area contributed by atoms with E-state index in [0.29, 0.717) is 25.1 Å². The van der Waals surface area contributed by atoms with Crippen LogP contribution in [0.5, 0.6) is 0 Å². The summed E-state index contributed by atoms with van der Waals surface area (Å²) in [5.41, 5.74) is 0. The molecule has 0 bridgehead atoms. The first-order valence-corrected chi connectivity index (χ1v) is 7.38. The van der Waals surface area contributed by atoms with Crippen molar-refractivity contribution < 1.29 is 14.6 Å². The number of hydrogen-bond donors (Lipinski definition) is 2. The molecule has 0 aromatic carbocycles. The Kier molecular flexibility index (Phi) is 7.82. The van der Waals surface area contributed by atoms with Crippen LogP contribution in [-0.4, -0.2) is 55.5 Å². The quantitative estimate of drug-likeness (QED) is 0.692. The molecular formula is C14H28N2O3. The first-order chi connectivity index (χ1) is 9.19. The predicted octanol–water partition coefficient (Wildman–Crippen LogP) is 1.61. The van der Waals surface area contributed by atoms with Gasteiger partial charge in [0.25, 0.3) is 0 Å². The number of nitrogens with one attached hydrogen (secondary N) is 1. The van der Waals surface area contributed by atoms with Crippen LogP contribution >= 0.6 is 0 Å². The molecule has 0 aromatic rings. The molecule has 2 N–H and O–H groups in total. The third-order valence-corrected chi connectivity index (χ3v) is 3.89. The molecule has 5 nitrogen and oxygen atoms in total. The predicted molar refractivity (Wildman–Crippen MR) is 75.1 cm³/mol. The van der Waals surface area contributed by atoms with Crippen molar-refractivity contribution in [3.8, 4) is 0 Å². The second-order valence-corrected chi connectivity index (χ2v) is 5.25. The van der Waals surface area contributed by atoms with E-state index in [-0.39, 0.29) is 12.6 Å². The van der Waals surface area contributed by atoms with Gasteiger partial charge in [-0.05, 0) is 44.9 Å². The summed E-state index contributed by atoms with van der Waals surface area (Å²) in [4.78, 5) is 13.8. The van der Waals surface area contributed by atoms with Crippen LogP contribution in [0.4, 0.5) is 4.79 Å². The van der Waals surface area contributed by atoms with Gasteiger partial charge in [0.15, 0.2) is 0 Å². The van der Waals surface area contributed by atoms with E-state index < -0.39 is 0 Å². The Hall–Kier alpha value is -0.810. The highest BCUT2D eigenvalue weighted by Gasteiger charge is 2.25. The minimum Gasteiger partial charge on any atom is -0.396 e. The van der Waals surface area contributed by atoms with E-state index in [2.05, 4.69) is 5.32 Å². The fourth-order valence-electron chi connectivity index (χ4n) is 2.52. The van der Waals surface area contributed by atoms with E-state index in [0.717, 1.165) is 38.7 Å². The third kappa shape index (κ3) is 5.78. The molecule has 0 unspecified atom stereocenters. The Balaban J connectivity index is 2.17. The summed E-state index contributed by atoms with van der Waals surface area (Å²) in [6, 6.07) is 0.318. The van der Waals surface area contributed by atoms with E-state index in [1.54, 1.807) is 0 Å².